The number of hydrogen-bond donors (Lipinski definition) is 1. The van der Waals surface area contributed by atoms with Crippen LogP contribution in [0, 0.1) is 6.92 Å². The van der Waals surface area contributed by atoms with Gasteiger partial charge in [-0.15, -0.1) is 0 Å². The molecule has 1 aliphatic carbocycles. The number of pyridine rings is 1. The van der Waals surface area contributed by atoms with Crippen LogP contribution in [0.4, 0.5) is 0 Å². The van der Waals surface area contributed by atoms with Crippen molar-refractivity contribution in [2.45, 2.75) is 38.3 Å². The Morgan fingerprint density at radius 2 is 2.09 bits per heavy atom. The summed E-state index contributed by atoms with van der Waals surface area (Å²) >= 11 is 6.00. The van der Waals surface area contributed by atoms with Crippen LogP contribution >= 0.6 is 11.6 Å². The number of rotatable bonds is 4. The van der Waals surface area contributed by atoms with Crippen LogP contribution in [0.25, 0.3) is 0 Å². The number of halogens is 1. The summed E-state index contributed by atoms with van der Waals surface area (Å²) in [7, 11) is 0. The van der Waals surface area contributed by atoms with Crippen molar-refractivity contribution in [3.63, 3.8) is 0 Å². The highest BCUT2D eigenvalue weighted by atomic mass is 35.5. The van der Waals surface area contributed by atoms with E-state index in [1.807, 2.05) is 31.2 Å². The Balaban J connectivity index is 1.51. The van der Waals surface area contributed by atoms with Crippen LogP contribution in [0.2, 0.25) is 5.02 Å². The van der Waals surface area contributed by atoms with Crippen LogP contribution in [0.3, 0.4) is 0 Å². The largest absolute Gasteiger partial charge is 0.352 e. The molecular formula is C18H19ClN2O2. The molecule has 1 amide bonds. The molecule has 1 aromatic carbocycles. The van der Waals surface area contributed by atoms with E-state index in [1.54, 1.807) is 6.20 Å². The third kappa shape index (κ3) is 3.82. The maximum absolute atomic E-state index is 12.1. The van der Waals surface area contributed by atoms with Crippen molar-refractivity contribution in [3.8, 4) is 0 Å². The first-order valence-electron chi connectivity index (χ1n) is 7.73. The predicted molar refractivity (Wildman–Crippen MR) is 90.8 cm³/mol. The minimum absolute atomic E-state index is 0.0669. The molecule has 4 nitrogen and oxygen atoms in total. The monoisotopic (exact) mass is 330 g/mol. The van der Waals surface area contributed by atoms with Gasteiger partial charge in [0.25, 0.3) is 5.56 Å². The summed E-state index contributed by atoms with van der Waals surface area (Å²) in [5.74, 6) is 0.326. The zero-order valence-electron chi connectivity index (χ0n) is 13.0. The lowest BCUT2D eigenvalue weighted by Gasteiger charge is -2.36. The van der Waals surface area contributed by atoms with Gasteiger partial charge in [-0.05, 0) is 55.0 Å². The van der Waals surface area contributed by atoms with Crippen molar-refractivity contribution in [2.24, 2.45) is 0 Å². The first kappa shape index (κ1) is 15.8. The average molecular weight is 331 g/mol. The smallest absolute Gasteiger partial charge is 0.251 e. The summed E-state index contributed by atoms with van der Waals surface area (Å²) in [6, 6.07) is 11.4. The average Bonchev–Trinajstić information content (AvgIpc) is 2.45. The molecule has 1 N–H and O–H groups in total. The molecule has 0 radical (unpaired) electrons. The van der Waals surface area contributed by atoms with E-state index in [1.165, 1.54) is 16.2 Å². The van der Waals surface area contributed by atoms with E-state index in [9.17, 15) is 9.59 Å². The summed E-state index contributed by atoms with van der Waals surface area (Å²) in [6.07, 6.45) is 3.48. The van der Waals surface area contributed by atoms with Crippen molar-refractivity contribution < 1.29 is 4.79 Å². The lowest BCUT2D eigenvalue weighted by atomic mass is 9.76. The van der Waals surface area contributed by atoms with Crippen molar-refractivity contribution in [2.75, 3.05) is 0 Å². The molecule has 0 aliphatic heterocycles. The molecule has 0 spiro atoms. The van der Waals surface area contributed by atoms with Gasteiger partial charge in [-0.1, -0.05) is 23.7 Å². The molecule has 1 saturated carbocycles. The summed E-state index contributed by atoms with van der Waals surface area (Å²) in [5.41, 5.74) is 1.97. The first-order valence-corrected chi connectivity index (χ1v) is 8.11. The maximum atomic E-state index is 12.1. The van der Waals surface area contributed by atoms with E-state index in [0.29, 0.717) is 5.92 Å². The third-order valence-electron chi connectivity index (χ3n) is 4.29. The number of amides is 1. The molecule has 1 aliphatic rings. The Morgan fingerprint density at radius 3 is 2.78 bits per heavy atom. The highest BCUT2D eigenvalue weighted by Crippen LogP contribution is 2.37. The quantitative estimate of drug-likeness (QED) is 0.937. The van der Waals surface area contributed by atoms with Gasteiger partial charge in [0.1, 0.15) is 6.54 Å². The molecule has 23 heavy (non-hydrogen) atoms. The van der Waals surface area contributed by atoms with Crippen LogP contribution in [0.5, 0.6) is 0 Å². The normalized spacial score (nSPS) is 19.9. The summed E-state index contributed by atoms with van der Waals surface area (Å²) in [6.45, 7) is 1.92. The lowest BCUT2D eigenvalue weighted by molar-refractivity contribution is -0.123. The zero-order valence-corrected chi connectivity index (χ0v) is 13.7. The van der Waals surface area contributed by atoms with E-state index >= 15 is 0 Å². The molecule has 0 saturated heterocycles. The van der Waals surface area contributed by atoms with Gasteiger partial charge in [0.15, 0.2) is 0 Å². The Labute approximate surface area is 140 Å². The van der Waals surface area contributed by atoms with Crippen molar-refractivity contribution in [1.29, 1.82) is 0 Å². The second-order valence-electron chi connectivity index (χ2n) is 6.16. The van der Waals surface area contributed by atoms with Crippen molar-refractivity contribution in [3.05, 3.63) is 69.1 Å². The van der Waals surface area contributed by atoms with Gasteiger partial charge in [0, 0.05) is 23.3 Å². The zero-order chi connectivity index (χ0) is 16.4. The Hall–Kier alpha value is -2.07. The van der Waals surface area contributed by atoms with Gasteiger partial charge >= 0.3 is 0 Å². The number of hydrogen-bond acceptors (Lipinski definition) is 2. The number of carbonyl (C=O) groups is 1. The summed E-state index contributed by atoms with van der Waals surface area (Å²) in [4.78, 5) is 23.8. The highest BCUT2D eigenvalue weighted by molar-refractivity contribution is 6.30. The third-order valence-corrected chi connectivity index (χ3v) is 4.52. The van der Waals surface area contributed by atoms with E-state index in [0.717, 1.165) is 23.4 Å². The van der Waals surface area contributed by atoms with Crippen LogP contribution in [-0.4, -0.2) is 16.5 Å². The first-order chi connectivity index (χ1) is 11.0. The lowest BCUT2D eigenvalue weighted by Crippen LogP contribution is -2.45. The van der Waals surface area contributed by atoms with Gasteiger partial charge in [0.2, 0.25) is 5.91 Å². The fourth-order valence-electron chi connectivity index (χ4n) is 2.93. The van der Waals surface area contributed by atoms with Crippen molar-refractivity contribution in [1.82, 2.24) is 9.88 Å². The molecule has 2 aromatic rings. The Morgan fingerprint density at radius 1 is 1.30 bits per heavy atom. The molecule has 1 heterocycles. The number of carbonyl (C=O) groups excluding carboxylic acids is 1. The van der Waals surface area contributed by atoms with Gasteiger partial charge in [-0.25, -0.2) is 0 Å². The number of nitrogens with one attached hydrogen (secondary N) is 1. The fraction of sp³-hybridized carbons (Fsp3) is 0.333. The number of benzene rings is 1. The van der Waals surface area contributed by atoms with Crippen LogP contribution in [-0.2, 0) is 11.3 Å². The van der Waals surface area contributed by atoms with E-state index in [-0.39, 0.29) is 24.1 Å². The van der Waals surface area contributed by atoms with Gasteiger partial charge in [0.05, 0.1) is 0 Å². The van der Waals surface area contributed by atoms with E-state index in [4.69, 9.17) is 11.6 Å². The van der Waals surface area contributed by atoms with Crippen LogP contribution in [0.15, 0.2) is 47.4 Å². The second kappa shape index (κ2) is 6.59. The number of aromatic nitrogens is 1. The second-order valence-corrected chi connectivity index (χ2v) is 6.59. The van der Waals surface area contributed by atoms with Gasteiger partial charge < -0.3 is 9.88 Å². The van der Waals surface area contributed by atoms with E-state index in [2.05, 4.69) is 11.4 Å². The predicted octanol–water partition coefficient (Wildman–Crippen LogP) is 2.87. The Bertz CT molecular complexity index is 779. The van der Waals surface area contributed by atoms with Crippen LogP contribution < -0.4 is 10.9 Å². The molecular weight excluding hydrogens is 312 g/mol. The standard InChI is InChI=1S/C18H19ClN2O2/c1-12-5-6-21(18(23)7-12)11-17(22)20-16-9-14(10-16)13-3-2-4-15(19)8-13/h2-8,14,16H,9-11H2,1H3,(H,20,22). The molecule has 3 rings (SSSR count). The molecule has 0 unspecified atom stereocenters. The maximum Gasteiger partial charge on any atom is 0.251 e. The molecule has 120 valence electrons. The summed E-state index contributed by atoms with van der Waals surface area (Å²) in [5, 5.41) is 3.73. The molecule has 1 aromatic heterocycles. The molecule has 1 fully saturated rings. The number of nitrogens with zero attached hydrogens (tertiary/aromatic N) is 1. The number of aryl methyl sites for hydroxylation is 1. The molecule has 0 bridgehead atoms. The van der Waals surface area contributed by atoms with Gasteiger partial charge in [-0.3, -0.25) is 9.59 Å². The minimum Gasteiger partial charge on any atom is -0.352 e. The topological polar surface area (TPSA) is 51.1 Å². The Kier molecular flexibility index (Phi) is 4.53. The molecule has 0 atom stereocenters. The fourth-order valence-corrected chi connectivity index (χ4v) is 3.13. The highest BCUT2D eigenvalue weighted by Gasteiger charge is 2.31. The van der Waals surface area contributed by atoms with Gasteiger partial charge in [-0.2, -0.15) is 0 Å². The van der Waals surface area contributed by atoms with Crippen LogP contribution in [0.1, 0.15) is 29.9 Å². The summed E-state index contributed by atoms with van der Waals surface area (Å²) < 4.78 is 1.43. The SMILES string of the molecule is Cc1ccn(CC(=O)NC2CC(c3cccc(Cl)c3)C2)c(=O)c1. The molecule has 5 heteroatoms. The minimum atomic E-state index is -0.148. The van der Waals surface area contributed by atoms with E-state index < -0.39 is 0 Å². The van der Waals surface area contributed by atoms with Crippen molar-refractivity contribution >= 4 is 17.5 Å².